The summed E-state index contributed by atoms with van der Waals surface area (Å²) in [7, 11) is 0. The number of ether oxygens (including phenoxy) is 4. The van der Waals surface area contributed by atoms with Crippen LogP contribution in [0.3, 0.4) is 0 Å². The SMILES string of the molecule is CCOCCOCC#Cc1c(C(=O)O)cccc1-c1cccc(C(=O)O)c1C#CCOCCOCC. The van der Waals surface area contributed by atoms with Crippen molar-refractivity contribution in [3.63, 3.8) is 0 Å². The highest BCUT2D eigenvalue weighted by Crippen LogP contribution is 2.30. The first-order valence-electron chi connectivity index (χ1n) is 11.5. The molecule has 0 unspecified atom stereocenters. The number of carbonyl (C=O) groups is 2. The van der Waals surface area contributed by atoms with Crippen molar-refractivity contribution < 1.29 is 38.7 Å². The highest BCUT2D eigenvalue weighted by Gasteiger charge is 2.19. The Kier molecular flexibility index (Phi) is 12.8. The van der Waals surface area contributed by atoms with Crippen LogP contribution in [-0.2, 0) is 18.9 Å². The van der Waals surface area contributed by atoms with Crippen LogP contribution in [0.25, 0.3) is 11.1 Å². The number of carboxylic acids is 2. The molecule has 190 valence electrons. The van der Waals surface area contributed by atoms with Crippen LogP contribution in [0, 0.1) is 23.7 Å². The van der Waals surface area contributed by atoms with Crippen molar-refractivity contribution in [1.82, 2.24) is 0 Å². The topological polar surface area (TPSA) is 112 Å². The van der Waals surface area contributed by atoms with Gasteiger partial charge in [0.2, 0.25) is 0 Å². The van der Waals surface area contributed by atoms with E-state index in [-0.39, 0.29) is 35.5 Å². The van der Waals surface area contributed by atoms with Crippen molar-refractivity contribution in [3.8, 4) is 34.8 Å². The standard InChI is InChI=1S/C28H30O8/c1-3-33-17-19-35-15-7-13-23-21(9-5-11-25(23)27(29)30)22-10-6-12-26(28(31)32)24(22)14-8-16-36-20-18-34-4-2/h5-6,9-12H,3-4,15-20H2,1-2H3,(H,29,30)(H,31,32). The molecule has 2 rings (SSSR count). The summed E-state index contributed by atoms with van der Waals surface area (Å²) in [6, 6.07) is 9.46. The van der Waals surface area contributed by atoms with E-state index in [0.29, 0.717) is 50.8 Å². The molecular weight excluding hydrogens is 464 g/mol. The molecule has 0 aliphatic rings. The van der Waals surface area contributed by atoms with Gasteiger partial charge in [0, 0.05) is 24.3 Å². The lowest BCUT2D eigenvalue weighted by Crippen LogP contribution is -2.06. The van der Waals surface area contributed by atoms with Gasteiger partial charge in [0.05, 0.1) is 37.6 Å². The molecule has 0 aromatic heterocycles. The summed E-state index contributed by atoms with van der Waals surface area (Å²) >= 11 is 0. The molecule has 0 aliphatic carbocycles. The smallest absolute Gasteiger partial charge is 0.336 e. The molecule has 2 aromatic rings. The van der Waals surface area contributed by atoms with Crippen LogP contribution in [0.15, 0.2) is 36.4 Å². The Morgan fingerprint density at radius 2 is 1.06 bits per heavy atom. The quantitative estimate of drug-likeness (QED) is 0.321. The number of hydrogen-bond donors (Lipinski definition) is 2. The maximum Gasteiger partial charge on any atom is 0.336 e. The van der Waals surface area contributed by atoms with E-state index in [9.17, 15) is 19.8 Å². The Balaban J connectivity index is 2.44. The summed E-state index contributed by atoms with van der Waals surface area (Å²) < 4.78 is 21.2. The first-order valence-corrected chi connectivity index (χ1v) is 11.5. The van der Waals surface area contributed by atoms with Gasteiger partial charge in [-0.2, -0.15) is 0 Å². The summed E-state index contributed by atoms with van der Waals surface area (Å²) in [4.78, 5) is 23.9. The molecule has 0 radical (unpaired) electrons. The van der Waals surface area contributed by atoms with Crippen LogP contribution in [0.5, 0.6) is 0 Å². The van der Waals surface area contributed by atoms with Crippen LogP contribution in [0.2, 0.25) is 0 Å². The van der Waals surface area contributed by atoms with Crippen LogP contribution in [-0.4, -0.2) is 75.0 Å². The Hall–Kier alpha value is -3.66. The molecule has 0 atom stereocenters. The fourth-order valence-corrected chi connectivity index (χ4v) is 3.20. The maximum atomic E-state index is 11.9. The summed E-state index contributed by atoms with van der Waals surface area (Å²) in [5.41, 5.74) is 1.40. The molecule has 36 heavy (non-hydrogen) atoms. The molecule has 0 bridgehead atoms. The maximum absolute atomic E-state index is 11.9. The number of rotatable bonds is 13. The summed E-state index contributed by atoms with van der Waals surface area (Å²) in [5, 5.41) is 19.5. The van der Waals surface area contributed by atoms with Crippen molar-refractivity contribution in [2.75, 3.05) is 52.9 Å². The molecule has 0 spiro atoms. The van der Waals surface area contributed by atoms with Crippen LogP contribution < -0.4 is 0 Å². The van der Waals surface area contributed by atoms with Crippen molar-refractivity contribution in [2.24, 2.45) is 0 Å². The summed E-state index contributed by atoms with van der Waals surface area (Å²) in [6.45, 7) is 6.72. The molecule has 0 heterocycles. The lowest BCUT2D eigenvalue weighted by atomic mass is 9.90. The average Bonchev–Trinajstić information content (AvgIpc) is 2.87. The van der Waals surface area contributed by atoms with Crippen molar-refractivity contribution in [3.05, 3.63) is 58.7 Å². The van der Waals surface area contributed by atoms with E-state index in [0.717, 1.165) is 0 Å². The fraction of sp³-hybridized carbons (Fsp3) is 0.357. The Morgan fingerprint density at radius 3 is 1.42 bits per heavy atom. The molecule has 0 aliphatic heterocycles. The number of aromatic carboxylic acids is 2. The highest BCUT2D eigenvalue weighted by molar-refractivity contribution is 5.97. The van der Waals surface area contributed by atoms with Gasteiger partial charge in [-0.1, -0.05) is 47.9 Å². The van der Waals surface area contributed by atoms with E-state index in [1.54, 1.807) is 24.3 Å². The minimum absolute atomic E-state index is 0.00629. The fourth-order valence-electron chi connectivity index (χ4n) is 3.20. The van der Waals surface area contributed by atoms with Crippen LogP contribution >= 0.6 is 0 Å². The van der Waals surface area contributed by atoms with E-state index in [1.807, 2.05) is 13.8 Å². The molecule has 0 saturated heterocycles. The van der Waals surface area contributed by atoms with E-state index in [4.69, 9.17) is 18.9 Å². The van der Waals surface area contributed by atoms with Crippen molar-refractivity contribution >= 4 is 11.9 Å². The summed E-state index contributed by atoms with van der Waals surface area (Å²) in [6.07, 6.45) is 0. The second-order valence-electron chi connectivity index (χ2n) is 7.17. The van der Waals surface area contributed by atoms with Crippen molar-refractivity contribution in [1.29, 1.82) is 0 Å². The highest BCUT2D eigenvalue weighted by atomic mass is 16.5. The third-order valence-corrected chi connectivity index (χ3v) is 4.81. The van der Waals surface area contributed by atoms with Gasteiger partial charge in [-0.3, -0.25) is 0 Å². The minimum Gasteiger partial charge on any atom is -0.478 e. The predicted octanol–water partition coefficient (Wildman–Crippen LogP) is 3.56. The molecule has 0 fully saturated rings. The van der Waals surface area contributed by atoms with Gasteiger partial charge in [0.25, 0.3) is 0 Å². The first kappa shape index (κ1) is 28.6. The first-order chi connectivity index (χ1) is 17.5. The van der Waals surface area contributed by atoms with Gasteiger partial charge in [0.1, 0.15) is 13.2 Å². The lowest BCUT2D eigenvalue weighted by Gasteiger charge is -2.12. The summed E-state index contributed by atoms with van der Waals surface area (Å²) in [5.74, 6) is 9.17. The average molecular weight is 495 g/mol. The molecule has 2 aromatic carbocycles. The molecule has 8 heteroatoms. The van der Waals surface area contributed by atoms with E-state index in [2.05, 4.69) is 23.7 Å². The molecular formula is C28H30O8. The van der Waals surface area contributed by atoms with Gasteiger partial charge in [-0.25, -0.2) is 9.59 Å². The molecule has 0 saturated carbocycles. The van der Waals surface area contributed by atoms with E-state index in [1.165, 1.54) is 12.1 Å². The predicted molar refractivity (Wildman–Crippen MR) is 134 cm³/mol. The molecule has 0 amide bonds. The molecule has 8 nitrogen and oxygen atoms in total. The number of benzene rings is 2. The van der Waals surface area contributed by atoms with Gasteiger partial charge in [-0.15, -0.1) is 0 Å². The van der Waals surface area contributed by atoms with Gasteiger partial charge in [-0.05, 0) is 37.1 Å². The lowest BCUT2D eigenvalue weighted by molar-refractivity contribution is 0.0662. The zero-order chi connectivity index (χ0) is 26.2. The zero-order valence-electron chi connectivity index (χ0n) is 20.5. The second kappa shape index (κ2) is 16.1. The normalized spacial score (nSPS) is 10.2. The van der Waals surface area contributed by atoms with Gasteiger partial charge >= 0.3 is 11.9 Å². The Labute approximate surface area is 211 Å². The van der Waals surface area contributed by atoms with E-state index >= 15 is 0 Å². The number of carboxylic acid groups (broad SMARTS) is 2. The Bertz CT molecular complexity index is 1060. The largest absolute Gasteiger partial charge is 0.478 e. The second-order valence-corrected chi connectivity index (χ2v) is 7.17. The van der Waals surface area contributed by atoms with Crippen molar-refractivity contribution in [2.45, 2.75) is 13.8 Å². The van der Waals surface area contributed by atoms with Gasteiger partial charge < -0.3 is 29.2 Å². The van der Waals surface area contributed by atoms with Crippen LogP contribution in [0.4, 0.5) is 0 Å². The monoisotopic (exact) mass is 494 g/mol. The van der Waals surface area contributed by atoms with Gasteiger partial charge in [0.15, 0.2) is 0 Å². The number of hydrogen-bond acceptors (Lipinski definition) is 6. The minimum atomic E-state index is -1.15. The third-order valence-electron chi connectivity index (χ3n) is 4.81. The van der Waals surface area contributed by atoms with E-state index < -0.39 is 11.9 Å². The van der Waals surface area contributed by atoms with Crippen LogP contribution in [0.1, 0.15) is 45.7 Å². The Morgan fingerprint density at radius 1 is 0.667 bits per heavy atom. The molecule has 2 N–H and O–H groups in total. The zero-order valence-corrected chi connectivity index (χ0v) is 20.5. The third kappa shape index (κ3) is 8.84.